The Hall–Kier alpha value is -5.13. The van der Waals surface area contributed by atoms with Gasteiger partial charge in [0.25, 0.3) is 0 Å². The zero-order valence-electron chi connectivity index (χ0n) is 29.9. The number of fused-ring (bicyclic) bond motifs is 2. The summed E-state index contributed by atoms with van der Waals surface area (Å²) in [5.74, 6) is -0.643. The van der Waals surface area contributed by atoms with Crippen LogP contribution in [-0.4, -0.2) is 47.4 Å². The van der Waals surface area contributed by atoms with Crippen molar-refractivity contribution in [2.45, 2.75) is 4.90 Å². The van der Waals surface area contributed by atoms with Gasteiger partial charge in [0.05, 0.1) is 54.8 Å². The molecule has 0 amide bonds. The first-order valence-electron chi connectivity index (χ1n) is 15.8. The van der Waals surface area contributed by atoms with Crippen molar-refractivity contribution in [2.24, 2.45) is 25.6 Å². The van der Waals surface area contributed by atoms with Gasteiger partial charge in [0.2, 0.25) is 5.78 Å². The molecule has 0 saturated carbocycles. The van der Waals surface area contributed by atoms with Crippen LogP contribution in [0.4, 0.5) is 45.5 Å². The van der Waals surface area contributed by atoms with E-state index < -0.39 is 64.0 Å². The van der Waals surface area contributed by atoms with Gasteiger partial charge in [0, 0.05) is 11.3 Å². The Morgan fingerprint density at radius 2 is 1.42 bits per heavy atom. The summed E-state index contributed by atoms with van der Waals surface area (Å²) >= 11 is 0. The van der Waals surface area contributed by atoms with E-state index in [4.69, 9.17) is 17.2 Å². The first-order chi connectivity index (χ1) is 26.2. The number of carbonyl (C=O) groups excluding carboxylic acids is 1. The Balaban J connectivity index is 0.00000310. The summed E-state index contributed by atoms with van der Waals surface area (Å²) < 4.78 is 73.5. The number of hydrogen-bond acceptors (Lipinski definition) is 17. The molecule has 7 rings (SSSR count). The third-order valence-corrected chi connectivity index (χ3v) is 9.80. The summed E-state index contributed by atoms with van der Waals surface area (Å²) in [5, 5.41) is 20.2. The molecule has 0 atom stereocenters. The molecule has 1 aromatic heterocycles. The number of nitrogens with two attached hydrogens (primary N) is 3. The number of nitrogen functional groups attached to an aromatic ring is 3. The molecular formula is C35H25N11Na2O7S2. The maximum absolute atomic E-state index is 13.7. The van der Waals surface area contributed by atoms with Gasteiger partial charge in [0.15, 0.2) is 0 Å². The second kappa shape index (κ2) is 17.2. The number of nitrogens with one attached hydrogen (secondary N) is 2. The second-order valence-corrected chi connectivity index (χ2v) is 14.5. The number of benzene rings is 5. The predicted octanol–water partition coefficient (Wildman–Crippen LogP) is 0.270. The summed E-state index contributed by atoms with van der Waals surface area (Å²) in [4.78, 5) is 19.4. The number of Topliss-reactive ketones (excluding diaryl/α,β-unsaturated/α-hetero) is 1. The normalized spacial score (nSPS) is 13.7. The van der Waals surface area contributed by atoms with E-state index in [1.165, 1.54) is 12.1 Å². The average Bonchev–Trinajstić information content (AvgIpc) is 3.57. The molecule has 0 aliphatic heterocycles. The molecule has 0 spiro atoms. The Morgan fingerprint density at radius 1 is 0.737 bits per heavy atom. The quantitative estimate of drug-likeness (QED) is 0.0432. The average molecular weight is 822 g/mol. The summed E-state index contributed by atoms with van der Waals surface area (Å²) in [7, 11) is -10.7. The number of aromatic amines is 1. The van der Waals surface area contributed by atoms with Gasteiger partial charge in [-0.25, -0.2) is 21.8 Å². The maximum atomic E-state index is 13.7. The minimum Gasteiger partial charge on any atom is -0.744 e. The number of imidazole rings is 1. The molecule has 22 heteroatoms. The van der Waals surface area contributed by atoms with Crippen molar-refractivity contribution in [1.82, 2.24) is 9.97 Å². The van der Waals surface area contributed by atoms with Crippen molar-refractivity contribution >= 4 is 94.3 Å². The minimum absolute atomic E-state index is 0. The van der Waals surface area contributed by atoms with Gasteiger partial charge in [-0.1, -0.05) is 18.2 Å². The third-order valence-electron chi connectivity index (χ3n) is 8.10. The molecule has 0 saturated heterocycles. The van der Waals surface area contributed by atoms with Crippen LogP contribution in [0.1, 0.15) is 15.9 Å². The smallest absolute Gasteiger partial charge is 0.744 e. The van der Waals surface area contributed by atoms with E-state index >= 15 is 0 Å². The van der Waals surface area contributed by atoms with Crippen LogP contribution in [0, 0.1) is 0 Å². The van der Waals surface area contributed by atoms with E-state index in [1.807, 2.05) is 0 Å². The van der Waals surface area contributed by atoms with E-state index in [0.717, 1.165) is 6.08 Å². The summed E-state index contributed by atoms with van der Waals surface area (Å²) in [5.41, 5.74) is 21.9. The molecule has 5 aromatic carbocycles. The van der Waals surface area contributed by atoms with Crippen LogP contribution in [0.25, 0.3) is 28.5 Å². The largest absolute Gasteiger partial charge is 1.00 e. The SMILES string of the molecule is Nc1ccc(N=Nc2ccc3nc(-c4ccc(N=Nc5c(S(=O)(=O)[O-])cc6c(c5N)C(=O)/C(=N/Nc5ccccc5)C(S(=O)(=O)[O-])=C6)cc4)[nH]c3c2)c(N)c1.[Na+].[Na+]. The molecule has 276 valence electrons. The number of nitrogens with zero attached hydrogens (tertiary/aromatic N) is 6. The number of anilines is 4. The van der Waals surface area contributed by atoms with E-state index in [1.54, 1.807) is 78.9 Å². The van der Waals surface area contributed by atoms with E-state index in [-0.39, 0.29) is 64.8 Å². The summed E-state index contributed by atoms with van der Waals surface area (Å²) in [6, 6.07) is 25.4. The fraction of sp³-hybridized carbons (Fsp3) is 0. The number of ketones is 1. The number of H-pyrrole nitrogens is 1. The van der Waals surface area contributed by atoms with Crippen molar-refractivity contribution < 1.29 is 89.9 Å². The number of aromatic nitrogens is 2. The zero-order valence-corrected chi connectivity index (χ0v) is 35.5. The van der Waals surface area contributed by atoms with Gasteiger partial charge in [-0.3, -0.25) is 10.2 Å². The number of rotatable bonds is 9. The van der Waals surface area contributed by atoms with Crippen LogP contribution in [-0.2, 0) is 20.2 Å². The number of para-hydroxylation sites is 1. The molecule has 0 radical (unpaired) electrons. The van der Waals surface area contributed by atoms with Crippen molar-refractivity contribution in [2.75, 3.05) is 22.6 Å². The van der Waals surface area contributed by atoms with Crippen LogP contribution in [0.2, 0.25) is 0 Å². The number of azo groups is 2. The minimum atomic E-state index is -5.33. The van der Waals surface area contributed by atoms with Gasteiger partial charge in [-0.05, 0) is 90.5 Å². The van der Waals surface area contributed by atoms with Crippen molar-refractivity contribution in [1.29, 1.82) is 0 Å². The molecule has 1 aliphatic rings. The topological polar surface area (TPSA) is 312 Å². The van der Waals surface area contributed by atoms with Crippen LogP contribution < -0.4 is 81.7 Å². The molecule has 1 aliphatic carbocycles. The second-order valence-electron chi connectivity index (χ2n) is 11.8. The maximum Gasteiger partial charge on any atom is 1.00 e. The van der Waals surface area contributed by atoms with Crippen molar-refractivity contribution in [3.63, 3.8) is 0 Å². The van der Waals surface area contributed by atoms with Gasteiger partial charge in [0.1, 0.15) is 43.1 Å². The molecule has 0 fully saturated rings. The summed E-state index contributed by atoms with van der Waals surface area (Å²) in [6.07, 6.45) is 0.718. The monoisotopic (exact) mass is 821 g/mol. The van der Waals surface area contributed by atoms with Crippen LogP contribution in [0.15, 0.2) is 132 Å². The summed E-state index contributed by atoms with van der Waals surface area (Å²) in [6.45, 7) is 0. The predicted molar refractivity (Wildman–Crippen MR) is 203 cm³/mol. The fourth-order valence-corrected chi connectivity index (χ4v) is 6.79. The number of allylic oxidation sites excluding steroid dienone is 1. The molecule has 57 heavy (non-hydrogen) atoms. The van der Waals surface area contributed by atoms with E-state index in [2.05, 4.69) is 41.0 Å². The van der Waals surface area contributed by atoms with Gasteiger partial charge in [-0.15, -0.1) is 10.2 Å². The van der Waals surface area contributed by atoms with Crippen LogP contribution >= 0.6 is 0 Å². The Morgan fingerprint density at radius 3 is 2.09 bits per heavy atom. The van der Waals surface area contributed by atoms with Crippen molar-refractivity contribution in [3.8, 4) is 11.4 Å². The first kappa shape index (κ1) is 43.0. The van der Waals surface area contributed by atoms with E-state index in [9.17, 15) is 30.7 Å². The van der Waals surface area contributed by atoms with Gasteiger partial charge in [-0.2, -0.15) is 15.3 Å². The molecule has 0 unspecified atom stereocenters. The van der Waals surface area contributed by atoms with Crippen LogP contribution in [0.5, 0.6) is 0 Å². The van der Waals surface area contributed by atoms with Gasteiger partial charge >= 0.3 is 59.1 Å². The zero-order chi connectivity index (χ0) is 39.1. The Labute approximate surface area is 368 Å². The molecule has 1 heterocycles. The molecule has 18 nitrogen and oxygen atoms in total. The van der Waals surface area contributed by atoms with Crippen molar-refractivity contribution in [3.05, 3.63) is 113 Å². The first-order valence-corrected chi connectivity index (χ1v) is 18.6. The van der Waals surface area contributed by atoms with E-state index in [0.29, 0.717) is 56.9 Å². The Kier molecular flexibility index (Phi) is 12.9. The molecule has 8 N–H and O–H groups in total. The fourth-order valence-electron chi connectivity index (χ4n) is 5.48. The number of carbonyl (C=O) groups is 1. The third kappa shape index (κ3) is 9.37. The molecule has 0 bridgehead atoms. The Bertz CT molecular complexity index is 2900. The van der Waals surface area contributed by atoms with Crippen LogP contribution in [0.3, 0.4) is 0 Å². The van der Waals surface area contributed by atoms with Gasteiger partial charge < -0.3 is 31.3 Å². The number of hydrazone groups is 1. The number of hydrogen-bond donors (Lipinski definition) is 5. The molecule has 6 aromatic rings. The molecular weight excluding hydrogens is 797 g/mol. The standard InChI is InChI=1S/C35H27N11O7S2.2Na/c36-20-8-12-25(24(37)16-20)44-43-23-11-13-26-27(17-23)40-35(39-26)18-6-9-22(10-7-18)42-45-32-28(54(48,49)50)14-19-15-29(55(51,52)53)33(34(47)30(19)31(32)38)46-41-21-4-2-1-3-5-21;;/h1-17,41H,36-38H2,(H,39,40)(H,48,49,50)(H,51,52,53);;/q;2*+1/p-2/b44-43?,45-42?,46-33+;;.